The minimum atomic E-state index is -0.209. The van der Waals surface area contributed by atoms with E-state index in [4.69, 9.17) is 10.5 Å². The number of nitrogens with zero attached hydrogens (tertiary/aromatic N) is 4. The van der Waals surface area contributed by atoms with Crippen molar-refractivity contribution in [2.75, 3.05) is 0 Å². The van der Waals surface area contributed by atoms with Gasteiger partial charge in [0, 0.05) is 15.9 Å². The summed E-state index contributed by atoms with van der Waals surface area (Å²) in [6, 6.07) is 27.0. The van der Waals surface area contributed by atoms with Crippen LogP contribution in [0.5, 0.6) is 0 Å². The molecule has 0 aliphatic heterocycles. The van der Waals surface area contributed by atoms with Gasteiger partial charge in [0.05, 0.1) is 29.4 Å². The minimum absolute atomic E-state index is 0.0312. The summed E-state index contributed by atoms with van der Waals surface area (Å²) in [6.07, 6.45) is 0.746. The molecule has 158 valence electrons. The summed E-state index contributed by atoms with van der Waals surface area (Å²) in [7, 11) is 0. The smallest absolute Gasteiger partial charge is 0.252 e. The summed E-state index contributed by atoms with van der Waals surface area (Å²) < 4.78 is 0. The van der Waals surface area contributed by atoms with E-state index in [-0.39, 0.29) is 18.5 Å². The number of pyridine rings is 1. The van der Waals surface area contributed by atoms with Crippen LogP contribution in [0, 0.1) is 0 Å². The van der Waals surface area contributed by atoms with Gasteiger partial charge in [-0.15, -0.1) is 0 Å². The predicted octanol–water partition coefficient (Wildman–Crippen LogP) is 6.59. The lowest BCUT2D eigenvalue weighted by molar-refractivity contribution is 0.0936. The molecule has 0 aliphatic carbocycles. The third-order valence-electron chi connectivity index (χ3n) is 5.48. The fourth-order valence-corrected chi connectivity index (χ4v) is 3.94. The zero-order valence-electron chi connectivity index (χ0n) is 17.8. The maximum Gasteiger partial charge on any atom is 0.252 e. The molecule has 0 bridgehead atoms. The molecule has 0 saturated heterocycles. The lowest BCUT2D eigenvalue weighted by atomic mass is 9.95. The van der Waals surface area contributed by atoms with Crippen LogP contribution in [0.4, 0.5) is 0 Å². The molecular formula is C26H23N5O. The summed E-state index contributed by atoms with van der Waals surface area (Å²) in [6.45, 7) is 2.07. The fourth-order valence-electron chi connectivity index (χ4n) is 3.94. The number of aromatic nitrogens is 1. The molecule has 6 heteroatoms. The lowest BCUT2D eigenvalue weighted by Gasteiger charge is -2.21. The van der Waals surface area contributed by atoms with Crippen molar-refractivity contribution >= 4 is 16.8 Å². The number of benzene rings is 3. The highest BCUT2D eigenvalue weighted by atomic mass is 16.1. The van der Waals surface area contributed by atoms with Gasteiger partial charge in [0.2, 0.25) is 0 Å². The number of hydrogen-bond acceptors (Lipinski definition) is 3. The Morgan fingerprint density at radius 1 is 1.00 bits per heavy atom. The number of fused-ring (bicyclic) bond motifs is 1. The van der Waals surface area contributed by atoms with Gasteiger partial charge in [-0.25, -0.2) is 4.98 Å². The molecule has 1 atom stereocenters. The quantitative estimate of drug-likeness (QED) is 0.207. The first-order chi connectivity index (χ1) is 15.7. The number of carbonyl (C=O) groups excluding carboxylic acids is 1. The molecule has 3 aromatic carbocycles. The van der Waals surface area contributed by atoms with Crippen molar-refractivity contribution in [1.29, 1.82) is 0 Å². The zero-order chi connectivity index (χ0) is 22.3. The molecule has 6 nitrogen and oxygen atoms in total. The van der Waals surface area contributed by atoms with Crippen LogP contribution in [0.25, 0.3) is 32.6 Å². The molecule has 1 heterocycles. The molecular weight excluding hydrogens is 398 g/mol. The van der Waals surface area contributed by atoms with Crippen molar-refractivity contribution in [1.82, 2.24) is 10.3 Å². The average molecular weight is 422 g/mol. The van der Waals surface area contributed by atoms with Crippen LogP contribution in [0.3, 0.4) is 0 Å². The molecule has 4 rings (SSSR count). The highest BCUT2D eigenvalue weighted by Crippen LogP contribution is 2.31. The fraction of sp³-hybridized carbons (Fsp3) is 0.154. The molecule has 0 aliphatic rings. The molecule has 1 aromatic heterocycles. The van der Waals surface area contributed by atoms with Crippen LogP contribution in [0.1, 0.15) is 40.9 Å². The standard InChI is InChI=1S/C26H23N5O/c1-2-22(18-11-5-3-6-12-18)30-26(32)24-20-15-9-10-16-23(20)29-25(21(24)17-28-31-27)19-13-7-4-8-14-19/h3-16,22H,2,17H2,1H3,(H,30,32)/t22-/m0/s1. The van der Waals surface area contributed by atoms with Gasteiger partial charge in [-0.05, 0) is 29.1 Å². The Labute approximate surface area is 186 Å². The number of azide groups is 1. The van der Waals surface area contributed by atoms with E-state index in [0.717, 1.165) is 22.9 Å². The van der Waals surface area contributed by atoms with Crippen molar-refractivity contribution in [2.45, 2.75) is 25.9 Å². The van der Waals surface area contributed by atoms with Gasteiger partial charge in [-0.2, -0.15) is 0 Å². The summed E-state index contributed by atoms with van der Waals surface area (Å²) in [5.41, 5.74) is 13.4. The van der Waals surface area contributed by atoms with Crippen molar-refractivity contribution < 1.29 is 4.79 Å². The van der Waals surface area contributed by atoms with E-state index in [1.807, 2.05) is 91.9 Å². The molecule has 0 spiro atoms. The zero-order valence-corrected chi connectivity index (χ0v) is 17.8. The van der Waals surface area contributed by atoms with Gasteiger partial charge in [-0.3, -0.25) is 4.79 Å². The van der Waals surface area contributed by atoms with E-state index in [9.17, 15) is 4.79 Å². The van der Waals surface area contributed by atoms with Gasteiger partial charge in [0.1, 0.15) is 0 Å². The minimum Gasteiger partial charge on any atom is -0.345 e. The SMILES string of the molecule is CC[C@H](NC(=O)c1c(CN=[N+]=[N-])c(-c2ccccc2)nc2ccccc12)c1ccccc1. The Balaban J connectivity index is 1.90. The number of hydrogen-bond donors (Lipinski definition) is 1. The van der Waals surface area contributed by atoms with E-state index >= 15 is 0 Å². The highest BCUT2D eigenvalue weighted by molar-refractivity contribution is 6.09. The molecule has 32 heavy (non-hydrogen) atoms. The third kappa shape index (κ3) is 4.31. The van der Waals surface area contributed by atoms with E-state index in [2.05, 4.69) is 15.3 Å². The number of carbonyl (C=O) groups is 1. The number of nitrogens with one attached hydrogen (secondary N) is 1. The van der Waals surface area contributed by atoms with Crippen LogP contribution in [-0.2, 0) is 6.54 Å². The van der Waals surface area contributed by atoms with E-state index in [1.54, 1.807) is 0 Å². The highest BCUT2D eigenvalue weighted by Gasteiger charge is 2.23. The van der Waals surface area contributed by atoms with E-state index in [1.165, 1.54) is 0 Å². The Morgan fingerprint density at radius 2 is 1.66 bits per heavy atom. The van der Waals surface area contributed by atoms with Gasteiger partial charge in [0.25, 0.3) is 5.91 Å². The Morgan fingerprint density at radius 3 is 2.34 bits per heavy atom. The largest absolute Gasteiger partial charge is 0.345 e. The second-order valence-electron chi connectivity index (χ2n) is 7.43. The molecule has 1 N–H and O–H groups in total. The van der Waals surface area contributed by atoms with Gasteiger partial charge in [0.15, 0.2) is 0 Å². The molecule has 0 radical (unpaired) electrons. The Bertz CT molecular complexity index is 1280. The second kappa shape index (κ2) is 9.77. The van der Waals surface area contributed by atoms with Gasteiger partial charge < -0.3 is 5.32 Å². The van der Waals surface area contributed by atoms with Gasteiger partial charge in [-0.1, -0.05) is 90.9 Å². The molecule has 0 saturated carbocycles. The third-order valence-corrected chi connectivity index (χ3v) is 5.48. The van der Waals surface area contributed by atoms with Gasteiger partial charge >= 0.3 is 0 Å². The summed E-state index contributed by atoms with van der Waals surface area (Å²) in [4.78, 5) is 21.5. The van der Waals surface area contributed by atoms with Crippen molar-refractivity contribution in [3.8, 4) is 11.3 Å². The topological polar surface area (TPSA) is 90.8 Å². The van der Waals surface area contributed by atoms with Crippen LogP contribution in [0.2, 0.25) is 0 Å². The van der Waals surface area contributed by atoms with Crippen molar-refractivity contribution in [3.63, 3.8) is 0 Å². The second-order valence-corrected chi connectivity index (χ2v) is 7.43. The van der Waals surface area contributed by atoms with Crippen LogP contribution < -0.4 is 5.32 Å². The first kappa shape index (κ1) is 21.1. The number of rotatable bonds is 7. The molecule has 0 fully saturated rings. The summed E-state index contributed by atoms with van der Waals surface area (Å²) in [5.74, 6) is -0.209. The summed E-state index contributed by atoms with van der Waals surface area (Å²) >= 11 is 0. The van der Waals surface area contributed by atoms with E-state index in [0.29, 0.717) is 22.3 Å². The maximum absolute atomic E-state index is 13.7. The Kier molecular flexibility index (Phi) is 6.44. The molecule has 0 unspecified atom stereocenters. The predicted molar refractivity (Wildman–Crippen MR) is 127 cm³/mol. The first-order valence-electron chi connectivity index (χ1n) is 10.6. The Hall–Kier alpha value is -4.15. The average Bonchev–Trinajstić information content (AvgIpc) is 2.86. The first-order valence-corrected chi connectivity index (χ1v) is 10.6. The van der Waals surface area contributed by atoms with E-state index < -0.39 is 0 Å². The van der Waals surface area contributed by atoms with Crippen molar-refractivity contribution in [2.24, 2.45) is 5.11 Å². The van der Waals surface area contributed by atoms with Crippen LogP contribution in [-0.4, -0.2) is 10.9 Å². The van der Waals surface area contributed by atoms with Crippen molar-refractivity contribution in [3.05, 3.63) is 112 Å². The lowest BCUT2D eigenvalue weighted by Crippen LogP contribution is -2.29. The van der Waals surface area contributed by atoms with Crippen LogP contribution in [0.15, 0.2) is 90.0 Å². The monoisotopic (exact) mass is 421 g/mol. The maximum atomic E-state index is 13.7. The number of amides is 1. The molecule has 1 amide bonds. The normalized spacial score (nSPS) is 11.5. The van der Waals surface area contributed by atoms with Crippen LogP contribution >= 0.6 is 0 Å². The number of para-hydroxylation sites is 1. The molecule has 4 aromatic rings. The summed E-state index contributed by atoms with van der Waals surface area (Å²) in [5, 5.41) is 7.71.